The van der Waals surface area contributed by atoms with Crippen molar-refractivity contribution in [1.29, 1.82) is 0 Å². The molecule has 3 rings (SSSR count). The Labute approximate surface area is 184 Å². The zero-order valence-electron chi connectivity index (χ0n) is 18.6. The molecular weight excluding hydrogens is 414 g/mol. The van der Waals surface area contributed by atoms with Crippen LogP contribution in [-0.2, 0) is 27.8 Å². The molecule has 9 heteroatoms. The molecule has 0 atom stereocenters. The highest BCUT2D eigenvalue weighted by Crippen LogP contribution is 2.19. The summed E-state index contributed by atoms with van der Waals surface area (Å²) in [6, 6.07) is 6.27. The molecule has 1 aliphatic rings. The van der Waals surface area contributed by atoms with Gasteiger partial charge in [0.2, 0.25) is 5.91 Å². The summed E-state index contributed by atoms with van der Waals surface area (Å²) in [4.78, 5) is 16.8. The molecule has 0 saturated heterocycles. The van der Waals surface area contributed by atoms with E-state index in [2.05, 4.69) is 34.0 Å². The Morgan fingerprint density at radius 3 is 2.71 bits per heavy atom. The lowest BCUT2D eigenvalue weighted by atomic mass is 10.1. The number of carbonyl (C=O) groups excluding carboxylic acids is 1. The zero-order chi connectivity index (χ0) is 22.6. The third-order valence-corrected chi connectivity index (χ3v) is 6.61. The molecule has 0 spiro atoms. The highest BCUT2D eigenvalue weighted by atomic mass is 32.2. The van der Waals surface area contributed by atoms with Crippen molar-refractivity contribution in [2.45, 2.75) is 64.8 Å². The van der Waals surface area contributed by atoms with E-state index in [-0.39, 0.29) is 10.8 Å². The second-order valence-corrected chi connectivity index (χ2v) is 10.0. The fraction of sp³-hybridized carbons (Fsp3) is 0.500. The highest BCUT2D eigenvalue weighted by Gasteiger charge is 2.19. The van der Waals surface area contributed by atoms with Gasteiger partial charge in [-0.15, -0.1) is 0 Å². The number of hydrogen-bond acceptors (Lipinski definition) is 5. The van der Waals surface area contributed by atoms with Crippen LogP contribution in [0, 0.1) is 19.8 Å². The lowest BCUT2D eigenvalue weighted by Crippen LogP contribution is -2.29. The third kappa shape index (κ3) is 5.94. The molecule has 2 aromatic rings. The van der Waals surface area contributed by atoms with Gasteiger partial charge in [-0.2, -0.15) is 5.10 Å². The number of anilines is 1. The van der Waals surface area contributed by atoms with Crippen molar-refractivity contribution < 1.29 is 13.2 Å². The molecule has 0 aliphatic carbocycles. The van der Waals surface area contributed by atoms with Crippen LogP contribution < -0.4 is 10.0 Å². The summed E-state index contributed by atoms with van der Waals surface area (Å²) in [6.45, 7) is 9.78. The van der Waals surface area contributed by atoms with E-state index in [1.165, 1.54) is 12.1 Å². The van der Waals surface area contributed by atoms with Crippen LogP contribution in [0.1, 0.15) is 50.1 Å². The predicted octanol–water partition coefficient (Wildman–Crippen LogP) is 3.20. The van der Waals surface area contributed by atoms with Crippen LogP contribution in [-0.4, -0.2) is 36.5 Å². The van der Waals surface area contributed by atoms with Crippen molar-refractivity contribution in [3.63, 3.8) is 0 Å². The molecule has 2 N–H and O–H groups in total. The van der Waals surface area contributed by atoms with Crippen molar-refractivity contribution in [3.05, 3.63) is 41.2 Å². The maximum Gasteiger partial charge on any atom is 0.262 e. The van der Waals surface area contributed by atoms with Crippen LogP contribution in [0.4, 0.5) is 5.69 Å². The first-order chi connectivity index (χ1) is 14.7. The number of benzene rings is 1. The third-order valence-electron chi connectivity index (χ3n) is 5.23. The van der Waals surface area contributed by atoms with Gasteiger partial charge in [-0.25, -0.2) is 8.42 Å². The number of nitrogens with one attached hydrogen (secondary N) is 2. The van der Waals surface area contributed by atoms with Gasteiger partial charge in [0.05, 0.1) is 10.6 Å². The molecule has 2 heterocycles. The number of aryl methyl sites for hydroxylation is 1. The fourth-order valence-electron chi connectivity index (χ4n) is 3.66. The monoisotopic (exact) mass is 445 g/mol. The van der Waals surface area contributed by atoms with Gasteiger partial charge in [0.15, 0.2) is 0 Å². The standard InChI is InChI=1S/C22H31N5O3S/c1-15(2)14-27-17(4)20(16(3)25-27)10-11-22(28)24-18-7-5-8-19(13-18)31(29,30)26-21-9-6-12-23-21/h5,7-8,13,15H,6,9-12,14H2,1-4H3,(H,23,26)(H,24,28). The van der Waals surface area contributed by atoms with E-state index < -0.39 is 10.0 Å². The zero-order valence-corrected chi connectivity index (χ0v) is 19.4. The van der Waals surface area contributed by atoms with E-state index in [0.29, 0.717) is 43.2 Å². The summed E-state index contributed by atoms with van der Waals surface area (Å²) in [5, 5.41) is 7.40. The van der Waals surface area contributed by atoms with Crippen LogP contribution in [0.15, 0.2) is 34.2 Å². The molecule has 168 valence electrons. The van der Waals surface area contributed by atoms with E-state index in [4.69, 9.17) is 0 Å². The van der Waals surface area contributed by atoms with Crippen LogP contribution in [0.25, 0.3) is 0 Å². The molecule has 1 aromatic heterocycles. The highest BCUT2D eigenvalue weighted by molar-refractivity contribution is 7.90. The van der Waals surface area contributed by atoms with Crippen LogP contribution in [0.3, 0.4) is 0 Å². The van der Waals surface area contributed by atoms with Gasteiger partial charge in [-0.05, 0) is 56.4 Å². The number of aliphatic imine (C=N–C) groups is 1. The molecular formula is C22H31N5O3S. The first-order valence-electron chi connectivity index (χ1n) is 10.6. The molecule has 0 fully saturated rings. The van der Waals surface area contributed by atoms with Crippen molar-refractivity contribution in [2.24, 2.45) is 10.9 Å². The maximum atomic E-state index is 12.6. The SMILES string of the molecule is Cc1nn(CC(C)C)c(C)c1CCC(=O)Nc1cccc(S(=O)(=O)NC2=NCCC2)c1. The Morgan fingerprint density at radius 1 is 1.26 bits per heavy atom. The van der Waals surface area contributed by atoms with Crippen LogP contribution >= 0.6 is 0 Å². The number of sulfonamides is 1. The molecule has 0 saturated carbocycles. The molecule has 0 radical (unpaired) electrons. The number of aromatic nitrogens is 2. The Hall–Kier alpha value is -2.68. The molecule has 1 aromatic carbocycles. The van der Waals surface area contributed by atoms with Crippen molar-refractivity contribution in [1.82, 2.24) is 14.5 Å². The fourth-order valence-corrected chi connectivity index (χ4v) is 4.79. The Balaban J connectivity index is 1.63. The summed E-state index contributed by atoms with van der Waals surface area (Å²) in [7, 11) is -3.72. The quantitative estimate of drug-likeness (QED) is 0.651. The normalized spacial score (nSPS) is 14.0. The first kappa shape index (κ1) is 23.0. The van der Waals surface area contributed by atoms with Crippen molar-refractivity contribution in [3.8, 4) is 0 Å². The second-order valence-electron chi connectivity index (χ2n) is 8.34. The topological polar surface area (TPSA) is 105 Å². The van der Waals surface area contributed by atoms with Gasteiger partial charge in [0.1, 0.15) is 5.84 Å². The summed E-state index contributed by atoms with van der Waals surface area (Å²) in [5.41, 5.74) is 3.58. The number of amides is 1. The number of carbonyl (C=O) groups is 1. The molecule has 31 heavy (non-hydrogen) atoms. The number of amidine groups is 1. The minimum absolute atomic E-state index is 0.0987. The van der Waals surface area contributed by atoms with E-state index in [1.807, 2.05) is 18.5 Å². The summed E-state index contributed by atoms with van der Waals surface area (Å²) >= 11 is 0. The Bertz CT molecular complexity index is 1090. The number of hydrogen-bond donors (Lipinski definition) is 2. The molecule has 0 bridgehead atoms. The van der Waals surface area contributed by atoms with E-state index in [9.17, 15) is 13.2 Å². The number of rotatable bonds is 8. The minimum atomic E-state index is -3.72. The lowest BCUT2D eigenvalue weighted by Gasteiger charge is -2.10. The molecule has 1 aliphatic heterocycles. The predicted molar refractivity (Wildman–Crippen MR) is 122 cm³/mol. The van der Waals surface area contributed by atoms with Gasteiger partial charge in [0, 0.05) is 37.3 Å². The van der Waals surface area contributed by atoms with E-state index in [1.54, 1.807) is 12.1 Å². The Kier molecular flexibility index (Phi) is 7.15. The largest absolute Gasteiger partial charge is 0.326 e. The molecule has 0 unspecified atom stereocenters. The summed E-state index contributed by atoms with van der Waals surface area (Å²) in [6.07, 6.45) is 2.35. The average molecular weight is 446 g/mol. The number of nitrogens with zero attached hydrogens (tertiary/aromatic N) is 3. The summed E-state index contributed by atoms with van der Waals surface area (Å²) in [5.74, 6) is 0.809. The van der Waals surface area contributed by atoms with Crippen LogP contribution in [0.5, 0.6) is 0 Å². The van der Waals surface area contributed by atoms with Crippen molar-refractivity contribution in [2.75, 3.05) is 11.9 Å². The minimum Gasteiger partial charge on any atom is -0.326 e. The lowest BCUT2D eigenvalue weighted by molar-refractivity contribution is -0.116. The van der Waals surface area contributed by atoms with Crippen molar-refractivity contribution >= 4 is 27.5 Å². The van der Waals surface area contributed by atoms with Gasteiger partial charge >= 0.3 is 0 Å². The maximum absolute atomic E-state index is 12.6. The van der Waals surface area contributed by atoms with Gasteiger partial charge in [0.25, 0.3) is 10.0 Å². The first-order valence-corrected chi connectivity index (χ1v) is 12.1. The van der Waals surface area contributed by atoms with Crippen LogP contribution in [0.2, 0.25) is 0 Å². The van der Waals surface area contributed by atoms with Gasteiger partial charge in [-0.1, -0.05) is 19.9 Å². The average Bonchev–Trinajstić information content (AvgIpc) is 3.28. The van der Waals surface area contributed by atoms with Gasteiger partial charge in [-0.3, -0.25) is 19.2 Å². The van der Waals surface area contributed by atoms with E-state index in [0.717, 1.165) is 29.9 Å². The summed E-state index contributed by atoms with van der Waals surface area (Å²) < 4.78 is 29.7. The second kappa shape index (κ2) is 9.64. The molecule has 8 nitrogen and oxygen atoms in total. The molecule has 1 amide bonds. The van der Waals surface area contributed by atoms with Gasteiger partial charge < -0.3 is 5.32 Å². The van der Waals surface area contributed by atoms with E-state index >= 15 is 0 Å². The smallest absolute Gasteiger partial charge is 0.262 e. The Morgan fingerprint density at radius 2 is 2.03 bits per heavy atom.